The molecule has 21 heavy (non-hydrogen) atoms. The molecular formula is C14H11ClF2N2O2. The topological polar surface area (TPSA) is 64.3 Å². The molecule has 0 aromatic heterocycles. The molecule has 0 aliphatic carbocycles. The Bertz CT molecular complexity index is 665. The van der Waals surface area contributed by atoms with Crippen molar-refractivity contribution in [1.29, 1.82) is 0 Å². The van der Waals surface area contributed by atoms with Gasteiger partial charge in [-0.3, -0.25) is 4.79 Å². The van der Waals surface area contributed by atoms with Crippen molar-refractivity contribution in [3.8, 4) is 5.75 Å². The third-order valence-electron chi connectivity index (χ3n) is 2.58. The van der Waals surface area contributed by atoms with E-state index >= 15 is 0 Å². The standard InChI is InChI=1S/C14H11ClF2N2O2/c15-9-4-5-12(11(18)7-9)19-13(20)8-2-1-3-10(6-8)21-14(16)17/h1-7,14H,18H2,(H,19,20). The number of hydrogen-bond acceptors (Lipinski definition) is 3. The highest BCUT2D eigenvalue weighted by Gasteiger charge is 2.11. The Hall–Kier alpha value is -2.34. The average molecular weight is 313 g/mol. The van der Waals surface area contributed by atoms with Crippen molar-refractivity contribution < 1.29 is 18.3 Å². The second-order valence-electron chi connectivity index (χ2n) is 4.09. The van der Waals surface area contributed by atoms with Crippen LogP contribution in [0.5, 0.6) is 5.75 Å². The molecule has 0 saturated heterocycles. The molecule has 4 nitrogen and oxygen atoms in total. The Balaban J connectivity index is 2.16. The SMILES string of the molecule is Nc1cc(Cl)ccc1NC(=O)c1cccc(OC(F)F)c1. The van der Waals surface area contributed by atoms with Gasteiger partial charge in [0.05, 0.1) is 11.4 Å². The molecule has 2 rings (SSSR count). The van der Waals surface area contributed by atoms with E-state index in [1.807, 2.05) is 0 Å². The lowest BCUT2D eigenvalue weighted by Crippen LogP contribution is -2.13. The van der Waals surface area contributed by atoms with Gasteiger partial charge in [-0.25, -0.2) is 0 Å². The first-order valence-corrected chi connectivity index (χ1v) is 6.25. The molecule has 1 amide bonds. The summed E-state index contributed by atoms with van der Waals surface area (Å²) in [4.78, 5) is 12.0. The first kappa shape index (κ1) is 15.1. The van der Waals surface area contributed by atoms with E-state index in [0.29, 0.717) is 16.4 Å². The van der Waals surface area contributed by atoms with Crippen LogP contribution in [-0.4, -0.2) is 12.5 Å². The highest BCUT2D eigenvalue weighted by molar-refractivity contribution is 6.31. The molecule has 0 aliphatic heterocycles. The molecule has 2 aromatic rings. The van der Waals surface area contributed by atoms with E-state index in [9.17, 15) is 13.6 Å². The molecule has 2 aromatic carbocycles. The highest BCUT2D eigenvalue weighted by atomic mass is 35.5. The Labute approximate surface area is 124 Å². The summed E-state index contributed by atoms with van der Waals surface area (Å²) in [5.41, 5.74) is 6.57. The number of amides is 1. The van der Waals surface area contributed by atoms with Crippen LogP contribution in [0.1, 0.15) is 10.4 Å². The van der Waals surface area contributed by atoms with Gasteiger partial charge in [-0.2, -0.15) is 8.78 Å². The number of ether oxygens (including phenoxy) is 1. The fourth-order valence-electron chi connectivity index (χ4n) is 1.66. The lowest BCUT2D eigenvalue weighted by molar-refractivity contribution is -0.0498. The zero-order valence-corrected chi connectivity index (χ0v) is 11.4. The van der Waals surface area contributed by atoms with Crippen molar-refractivity contribution in [2.45, 2.75) is 6.61 Å². The summed E-state index contributed by atoms with van der Waals surface area (Å²) in [5, 5.41) is 3.01. The predicted molar refractivity (Wildman–Crippen MR) is 76.9 cm³/mol. The molecule has 0 fully saturated rings. The van der Waals surface area contributed by atoms with Gasteiger partial charge in [0.2, 0.25) is 0 Å². The van der Waals surface area contributed by atoms with Crippen molar-refractivity contribution >= 4 is 28.9 Å². The van der Waals surface area contributed by atoms with Gasteiger partial charge in [0.1, 0.15) is 5.75 Å². The number of nitrogens with two attached hydrogens (primary N) is 1. The normalized spacial score (nSPS) is 10.5. The number of nitrogens with one attached hydrogen (secondary N) is 1. The minimum atomic E-state index is -2.95. The number of benzene rings is 2. The number of carbonyl (C=O) groups is 1. The van der Waals surface area contributed by atoms with Crippen molar-refractivity contribution in [1.82, 2.24) is 0 Å². The quantitative estimate of drug-likeness (QED) is 0.845. The van der Waals surface area contributed by atoms with E-state index in [4.69, 9.17) is 17.3 Å². The van der Waals surface area contributed by atoms with Gasteiger partial charge < -0.3 is 15.8 Å². The fourth-order valence-corrected chi connectivity index (χ4v) is 1.84. The number of hydrogen-bond donors (Lipinski definition) is 2. The maximum Gasteiger partial charge on any atom is 0.387 e. The van der Waals surface area contributed by atoms with Crippen molar-refractivity contribution in [3.05, 3.63) is 53.1 Å². The number of halogens is 3. The molecular weight excluding hydrogens is 302 g/mol. The van der Waals surface area contributed by atoms with E-state index in [2.05, 4.69) is 10.1 Å². The minimum absolute atomic E-state index is 0.0956. The summed E-state index contributed by atoms with van der Waals surface area (Å²) >= 11 is 5.76. The number of alkyl halides is 2. The lowest BCUT2D eigenvalue weighted by Gasteiger charge is -2.10. The Kier molecular flexibility index (Phi) is 4.59. The van der Waals surface area contributed by atoms with Crippen LogP contribution in [0, 0.1) is 0 Å². The van der Waals surface area contributed by atoms with Crippen LogP contribution in [0.15, 0.2) is 42.5 Å². The van der Waals surface area contributed by atoms with E-state index in [1.54, 1.807) is 12.1 Å². The summed E-state index contributed by atoms with van der Waals surface area (Å²) in [5.74, 6) is -0.592. The Morgan fingerprint density at radius 3 is 2.67 bits per heavy atom. The van der Waals surface area contributed by atoms with E-state index in [-0.39, 0.29) is 11.3 Å². The van der Waals surface area contributed by atoms with Gasteiger partial charge in [-0.15, -0.1) is 0 Å². The van der Waals surface area contributed by atoms with Crippen LogP contribution in [0.3, 0.4) is 0 Å². The largest absolute Gasteiger partial charge is 0.435 e. The van der Waals surface area contributed by atoms with Gasteiger partial charge in [-0.1, -0.05) is 17.7 Å². The molecule has 0 unspecified atom stereocenters. The summed E-state index contributed by atoms with van der Waals surface area (Å²) < 4.78 is 28.5. The molecule has 7 heteroatoms. The molecule has 0 bridgehead atoms. The zero-order chi connectivity index (χ0) is 15.4. The van der Waals surface area contributed by atoms with Gasteiger partial charge in [0.15, 0.2) is 0 Å². The molecule has 3 N–H and O–H groups in total. The smallest absolute Gasteiger partial charge is 0.387 e. The third kappa shape index (κ3) is 4.06. The monoisotopic (exact) mass is 312 g/mol. The van der Waals surface area contributed by atoms with Crippen LogP contribution >= 0.6 is 11.6 Å². The fraction of sp³-hybridized carbons (Fsp3) is 0.0714. The van der Waals surface area contributed by atoms with Crippen molar-refractivity contribution in [2.24, 2.45) is 0 Å². The lowest BCUT2D eigenvalue weighted by atomic mass is 10.2. The molecule has 0 saturated carbocycles. The second-order valence-corrected chi connectivity index (χ2v) is 4.53. The number of carbonyl (C=O) groups excluding carboxylic acids is 1. The molecule has 0 spiro atoms. The maximum absolute atomic E-state index is 12.1. The molecule has 0 aliphatic rings. The van der Waals surface area contributed by atoms with Crippen molar-refractivity contribution in [2.75, 3.05) is 11.1 Å². The van der Waals surface area contributed by atoms with Crippen LogP contribution in [0.25, 0.3) is 0 Å². The van der Waals surface area contributed by atoms with Crippen LogP contribution in [0.2, 0.25) is 5.02 Å². The summed E-state index contributed by atoms with van der Waals surface area (Å²) in [6, 6.07) is 10.1. The maximum atomic E-state index is 12.1. The number of anilines is 2. The zero-order valence-electron chi connectivity index (χ0n) is 10.6. The number of nitrogen functional groups attached to an aromatic ring is 1. The predicted octanol–water partition coefficient (Wildman–Crippen LogP) is 3.78. The van der Waals surface area contributed by atoms with E-state index < -0.39 is 12.5 Å². The van der Waals surface area contributed by atoms with E-state index in [0.717, 1.165) is 0 Å². The Morgan fingerprint density at radius 2 is 2.00 bits per heavy atom. The molecule has 110 valence electrons. The Morgan fingerprint density at radius 1 is 1.24 bits per heavy atom. The average Bonchev–Trinajstić information content (AvgIpc) is 2.41. The third-order valence-corrected chi connectivity index (χ3v) is 2.82. The van der Waals surface area contributed by atoms with Gasteiger partial charge in [-0.05, 0) is 36.4 Å². The summed E-state index contributed by atoms with van der Waals surface area (Å²) in [6.45, 7) is -2.95. The molecule has 0 atom stereocenters. The molecule has 0 radical (unpaired) electrons. The van der Waals surface area contributed by atoms with Crippen molar-refractivity contribution in [3.63, 3.8) is 0 Å². The highest BCUT2D eigenvalue weighted by Crippen LogP contribution is 2.24. The van der Waals surface area contributed by atoms with Crippen LogP contribution in [-0.2, 0) is 0 Å². The molecule has 0 heterocycles. The first-order valence-electron chi connectivity index (χ1n) is 5.87. The summed E-state index contributed by atoms with van der Waals surface area (Å²) in [6.07, 6.45) is 0. The van der Waals surface area contributed by atoms with Gasteiger partial charge >= 0.3 is 6.61 Å². The van der Waals surface area contributed by atoms with Gasteiger partial charge in [0.25, 0.3) is 5.91 Å². The van der Waals surface area contributed by atoms with E-state index in [1.165, 1.54) is 30.3 Å². The first-order chi connectivity index (χ1) is 9.95. The number of rotatable bonds is 4. The summed E-state index contributed by atoms with van der Waals surface area (Å²) in [7, 11) is 0. The minimum Gasteiger partial charge on any atom is -0.435 e. The van der Waals surface area contributed by atoms with Crippen LogP contribution in [0.4, 0.5) is 20.2 Å². The second kappa shape index (κ2) is 6.41. The van der Waals surface area contributed by atoms with Gasteiger partial charge in [0, 0.05) is 10.6 Å². The van der Waals surface area contributed by atoms with Crippen LogP contribution < -0.4 is 15.8 Å².